The van der Waals surface area contributed by atoms with Crippen LogP contribution in [-0.4, -0.2) is 23.8 Å². The van der Waals surface area contributed by atoms with E-state index >= 15 is 0 Å². The van der Waals surface area contributed by atoms with Gasteiger partial charge in [-0.2, -0.15) is 0 Å². The summed E-state index contributed by atoms with van der Waals surface area (Å²) in [5, 5.41) is 12.9. The van der Waals surface area contributed by atoms with Gasteiger partial charge in [-0.05, 0) is 45.1 Å². The predicted molar refractivity (Wildman–Crippen MR) is 69.5 cm³/mol. The highest BCUT2D eigenvalue weighted by atomic mass is 16.3. The van der Waals surface area contributed by atoms with Crippen LogP contribution in [0.3, 0.4) is 0 Å². The number of hydrogen-bond acceptors (Lipinski definition) is 2. The van der Waals surface area contributed by atoms with Crippen molar-refractivity contribution in [2.75, 3.05) is 6.54 Å². The lowest BCUT2D eigenvalue weighted by Gasteiger charge is -2.21. The largest absolute Gasteiger partial charge is 0.393 e. The molecule has 0 aromatic carbocycles. The predicted octanol–water partition coefficient (Wildman–Crippen LogP) is 2.95. The van der Waals surface area contributed by atoms with Gasteiger partial charge < -0.3 is 10.4 Å². The molecule has 16 heavy (non-hydrogen) atoms. The van der Waals surface area contributed by atoms with Crippen molar-refractivity contribution in [2.45, 2.75) is 71.4 Å². The van der Waals surface area contributed by atoms with Crippen LogP contribution >= 0.6 is 0 Å². The first-order chi connectivity index (χ1) is 7.58. The topological polar surface area (TPSA) is 32.3 Å². The van der Waals surface area contributed by atoms with Crippen LogP contribution < -0.4 is 5.32 Å². The smallest absolute Gasteiger partial charge is 0.0515 e. The molecule has 3 atom stereocenters. The Balaban J connectivity index is 2.06. The van der Waals surface area contributed by atoms with E-state index in [1.165, 1.54) is 32.1 Å². The second-order valence-corrected chi connectivity index (χ2v) is 5.89. The van der Waals surface area contributed by atoms with Gasteiger partial charge in [-0.3, -0.25) is 0 Å². The van der Waals surface area contributed by atoms with Gasteiger partial charge in [-0.25, -0.2) is 0 Å². The summed E-state index contributed by atoms with van der Waals surface area (Å²) in [4.78, 5) is 0. The molecule has 2 nitrogen and oxygen atoms in total. The van der Waals surface area contributed by atoms with Crippen LogP contribution in [0.2, 0.25) is 0 Å². The first-order valence-electron chi connectivity index (χ1n) is 6.99. The molecule has 96 valence electrons. The Morgan fingerprint density at radius 1 is 1.19 bits per heavy atom. The lowest BCUT2D eigenvalue weighted by atomic mass is 9.98. The highest BCUT2D eigenvalue weighted by Crippen LogP contribution is 2.28. The fourth-order valence-corrected chi connectivity index (χ4v) is 2.90. The average Bonchev–Trinajstić information content (AvgIpc) is 2.66. The van der Waals surface area contributed by atoms with E-state index in [-0.39, 0.29) is 6.10 Å². The fraction of sp³-hybridized carbons (Fsp3) is 1.00. The highest BCUT2D eigenvalue weighted by Gasteiger charge is 2.17. The van der Waals surface area contributed by atoms with Crippen molar-refractivity contribution in [2.24, 2.45) is 11.8 Å². The molecular weight excluding hydrogens is 198 g/mol. The van der Waals surface area contributed by atoms with Crippen molar-refractivity contribution in [1.82, 2.24) is 5.32 Å². The molecule has 1 aliphatic rings. The van der Waals surface area contributed by atoms with Crippen molar-refractivity contribution in [3.05, 3.63) is 0 Å². The fourth-order valence-electron chi connectivity index (χ4n) is 2.90. The number of aliphatic hydroxyl groups is 1. The number of rotatable bonds is 7. The lowest BCUT2D eigenvalue weighted by Crippen LogP contribution is -2.32. The molecule has 0 heterocycles. The third-order valence-corrected chi connectivity index (χ3v) is 3.72. The molecule has 1 rings (SSSR count). The molecule has 1 saturated carbocycles. The minimum absolute atomic E-state index is 0.165. The van der Waals surface area contributed by atoms with Crippen molar-refractivity contribution in [3.8, 4) is 0 Å². The van der Waals surface area contributed by atoms with E-state index in [0.29, 0.717) is 12.0 Å². The van der Waals surface area contributed by atoms with E-state index in [0.717, 1.165) is 18.9 Å². The summed E-state index contributed by atoms with van der Waals surface area (Å²) in [5.74, 6) is 1.54. The normalized spacial score (nSPS) is 23.2. The number of aliphatic hydroxyl groups excluding tert-OH is 1. The van der Waals surface area contributed by atoms with Gasteiger partial charge in [0.2, 0.25) is 0 Å². The maximum atomic E-state index is 9.29. The standard InChI is InChI=1S/C14H29NO/c1-11(8-13(3)16)10-15-12(2)9-14-6-4-5-7-14/h11-16H,4-10H2,1-3H3. The summed E-state index contributed by atoms with van der Waals surface area (Å²) in [6, 6.07) is 0.638. The van der Waals surface area contributed by atoms with E-state index in [1.54, 1.807) is 0 Å². The molecule has 0 saturated heterocycles. The summed E-state index contributed by atoms with van der Waals surface area (Å²) in [6.07, 6.45) is 7.84. The zero-order chi connectivity index (χ0) is 12.0. The number of hydrogen-bond donors (Lipinski definition) is 2. The van der Waals surface area contributed by atoms with E-state index in [4.69, 9.17) is 0 Å². The molecule has 2 heteroatoms. The van der Waals surface area contributed by atoms with Crippen molar-refractivity contribution in [3.63, 3.8) is 0 Å². The van der Waals surface area contributed by atoms with Crippen molar-refractivity contribution < 1.29 is 5.11 Å². The Bertz CT molecular complexity index is 176. The van der Waals surface area contributed by atoms with E-state index in [2.05, 4.69) is 19.2 Å². The van der Waals surface area contributed by atoms with E-state index in [9.17, 15) is 5.11 Å². The summed E-state index contributed by atoms with van der Waals surface area (Å²) in [6.45, 7) is 7.42. The zero-order valence-electron chi connectivity index (χ0n) is 11.2. The third-order valence-electron chi connectivity index (χ3n) is 3.72. The maximum absolute atomic E-state index is 9.29. The molecule has 0 aromatic rings. The van der Waals surface area contributed by atoms with Gasteiger partial charge in [0, 0.05) is 6.04 Å². The van der Waals surface area contributed by atoms with Gasteiger partial charge >= 0.3 is 0 Å². The molecular formula is C14H29NO. The van der Waals surface area contributed by atoms with Gasteiger partial charge in [-0.15, -0.1) is 0 Å². The molecule has 0 amide bonds. The monoisotopic (exact) mass is 227 g/mol. The Morgan fingerprint density at radius 3 is 2.38 bits per heavy atom. The van der Waals surface area contributed by atoms with Gasteiger partial charge in [0.1, 0.15) is 0 Å². The molecule has 0 radical (unpaired) electrons. The van der Waals surface area contributed by atoms with Crippen LogP contribution in [0, 0.1) is 11.8 Å². The second-order valence-electron chi connectivity index (χ2n) is 5.89. The molecule has 0 spiro atoms. The van der Waals surface area contributed by atoms with Crippen LogP contribution in [-0.2, 0) is 0 Å². The quantitative estimate of drug-likeness (QED) is 0.701. The first kappa shape index (κ1) is 14.0. The highest BCUT2D eigenvalue weighted by molar-refractivity contribution is 4.73. The Labute approximate surface area is 101 Å². The maximum Gasteiger partial charge on any atom is 0.0515 e. The molecule has 1 aliphatic carbocycles. The lowest BCUT2D eigenvalue weighted by molar-refractivity contribution is 0.162. The molecule has 0 aliphatic heterocycles. The van der Waals surface area contributed by atoms with Crippen LogP contribution in [0.15, 0.2) is 0 Å². The van der Waals surface area contributed by atoms with Gasteiger partial charge in [0.05, 0.1) is 6.10 Å². The van der Waals surface area contributed by atoms with Gasteiger partial charge in [0.25, 0.3) is 0 Å². The van der Waals surface area contributed by atoms with Crippen LogP contribution in [0.1, 0.15) is 59.3 Å². The first-order valence-corrected chi connectivity index (χ1v) is 6.99. The van der Waals surface area contributed by atoms with Crippen LogP contribution in [0.4, 0.5) is 0 Å². The van der Waals surface area contributed by atoms with Crippen LogP contribution in [0.5, 0.6) is 0 Å². The molecule has 3 unspecified atom stereocenters. The summed E-state index contributed by atoms with van der Waals surface area (Å²) < 4.78 is 0. The van der Waals surface area contributed by atoms with Crippen molar-refractivity contribution >= 4 is 0 Å². The Morgan fingerprint density at radius 2 is 1.81 bits per heavy atom. The summed E-state index contributed by atoms with van der Waals surface area (Å²) >= 11 is 0. The Hall–Kier alpha value is -0.0800. The molecule has 2 N–H and O–H groups in total. The van der Waals surface area contributed by atoms with Crippen molar-refractivity contribution in [1.29, 1.82) is 0 Å². The van der Waals surface area contributed by atoms with Gasteiger partial charge in [-0.1, -0.05) is 32.6 Å². The second kappa shape index (κ2) is 7.29. The molecule has 1 fully saturated rings. The zero-order valence-corrected chi connectivity index (χ0v) is 11.2. The average molecular weight is 227 g/mol. The van der Waals surface area contributed by atoms with E-state index < -0.39 is 0 Å². The summed E-state index contributed by atoms with van der Waals surface area (Å²) in [7, 11) is 0. The van der Waals surface area contributed by atoms with Crippen LogP contribution in [0.25, 0.3) is 0 Å². The third kappa shape index (κ3) is 5.86. The van der Waals surface area contributed by atoms with Gasteiger partial charge in [0.15, 0.2) is 0 Å². The van der Waals surface area contributed by atoms with E-state index in [1.807, 2.05) is 6.92 Å². The molecule has 0 bridgehead atoms. The SMILES string of the molecule is CC(O)CC(C)CNC(C)CC1CCCC1. The molecule has 0 aromatic heterocycles. The Kier molecular flexibility index (Phi) is 6.37. The summed E-state index contributed by atoms with van der Waals surface area (Å²) in [5.41, 5.74) is 0. The number of nitrogens with one attached hydrogen (secondary N) is 1. The minimum Gasteiger partial charge on any atom is -0.393 e. The minimum atomic E-state index is -0.165.